The molecule has 0 aliphatic carbocycles. The van der Waals surface area contributed by atoms with Crippen LogP contribution in [0.15, 0.2) is 0 Å². The minimum atomic E-state index is -3.75. The molecule has 0 rings (SSSR count). The zero-order valence-corrected chi connectivity index (χ0v) is 8.26. The van der Waals surface area contributed by atoms with Crippen LogP contribution in [-0.4, -0.2) is 49.7 Å². The van der Waals surface area contributed by atoms with Crippen LogP contribution in [0.25, 0.3) is 0 Å². The molecule has 0 aromatic carbocycles. The Hall–Kier alpha value is -0.210. The summed E-state index contributed by atoms with van der Waals surface area (Å²) in [6.45, 7) is 0.680. The second-order valence-electron chi connectivity index (χ2n) is 2.44. The molecule has 0 spiro atoms. The van der Waals surface area contributed by atoms with E-state index in [2.05, 4.69) is 0 Å². The van der Waals surface area contributed by atoms with Crippen molar-refractivity contribution in [2.75, 3.05) is 26.4 Å². The number of nitrogens with zero attached hydrogens (tertiary/aromatic N) is 1. The first-order chi connectivity index (χ1) is 4.42. The molecular formula is C5H18N2O4S. The second kappa shape index (κ2) is 7.44. The zero-order valence-electron chi connectivity index (χ0n) is 7.45. The van der Waals surface area contributed by atoms with Gasteiger partial charge in [0.2, 0.25) is 0 Å². The van der Waals surface area contributed by atoms with E-state index >= 15 is 0 Å². The van der Waals surface area contributed by atoms with E-state index in [0.29, 0.717) is 13.0 Å². The number of hydrogen-bond acceptors (Lipinski definition) is 4. The molecule has 0 fully saturated rings. The van der Waals surface area contributed by atoms with Gasteiger partial charge < -0.3 is 16.5 Å². The van der Waals surface area contributed by atoms with Gasteiger partial charge in [-0.1, -0.05) is 0 Å². The summed E-state index contributed by atoms with van der Waals surface area (Å²) < 4.78 is 28.6. The fraction of sp³-hybridized carbons (Fsp3) is 1.00. The highest BCUT2D eigenvalue weighted by molar-refractivity contribution is 7.85. The molecule has 0 saturated carbocycles. The largest absolute Gasteiger partial charge is 0.412 e. The lowest BCUT2D eigenvalue weighted by molar-refractivity contribution is 0.404. The standard InChI is InChI=1S/C5H13NO3S.H3N.H2O/c1-6(2)4-3-5-10(7,8)9;;/h3-5H2,1-2H3,(H,7,8,9);1H3;1H2. The van der Waals surface area contributed by atoms with Gasteiger partial charge in [0.05, 0.1) is 5.75 Å². The fourth-order valence-electron chi connectivity index (χ4n) is 0.563. The average Bonchev–Trinajstić information content (AvgIpc) is 1.59. The summed E-state index contributed by atoms with van der Waals surface area (Å²) >= 11 is 0. The highest BCUT2D eigenvalue weighted by Gasteiger charge is 2.02. The van der Waals surface area contributed by atoms with Gasteiger partial charge in [-0.2, -0.15) is 8.42 Å². The number of rotatable bonds is 4. The van der Waals surface area contributed by atoms with Gasteiger partial charge in [0.1, 0.15) is 0 Å². The van der Waals surface area contributed by atoms with E-state index in [-0.39, 0.29) is 17.4 Å². The van der Waals surface area contributed by atoms with E-state index in [0.717, 1.165) is 0 Å². The molecule has 6 nitrogen and oxygen atoms in total. The van der Waals surface area contributed by atoms with Gasteiger partial charge in [-0.25, -0.2) is 0 Å². The summed E-state index contributed by atoms with van der Waals surface area (Å²) in [6, 6.07) is 0. The van der Waals surface area contributed by atoms with Gasteiger partial charge in [0, 0.05) is 0 Å². The van der Waals surface area contributed by atoms with Crippen molar-refractivity contribution in [1.82, 2.24) is 11.1 Å². The van der Waals surface area contributed by atoms with Crippen molar-refractivity contribution in [2.45, 2.75) is 6.42 Å². The lowest BCUT2D eigenvalue weighted by Crippen LogP contribution is -2.16. The third-order valence-corrected chi connectivity index (χ3v) is 1.81. The third-order valence-electron chi connectivity index (χ3n) is 1.01. The van der Waals surface area contributed by atoms with Gasteiger partial charge in [-0.3, -0.25) is 4.55 Å². The summed E-state index contributed by atoms with van der Waals surface area (Å²) in [5.74, 6) is -0.148. The van der Waals surface area contributed by atoms with E-state index in [9.17, 15) is 8.42 Å². The van der Waals surface area contributed by atoms with Gasteiger partial charge in [-0.15, -0.1) is 0 Å². The van der Waals surface area contributed by atoms with Crippen LogP contribution in [0.3, 0.4) is 0 Å². The predicted octanol–water partition coefficient (Wildman–Crippen LogP) is -0.837. The fourth-order valence-corrected chi connectivity index (χ4v) is 1.06. The minimum Gasteiger partial charge on any atom is -0.412 e. The average molecular weight is 202 g/mol. The molecular weight excluding hydrogens is 184 g/mol. The molecule has 0 aliphatic heterocycles. The SMILES string of the molecule is CN(C)CCCS(=O)(=O)O.N.O. The van der Waals surface area contributed by atoms with Crippen molar-refractivity contribution in [3.63, 3.8) is 0 Å². The van der Waals surface area contributed by atoms with Gasteiger partial charge >= 0.3 is 0 Å². The van der Waals surface area contributed by atoms with Crippen LogP contribution in [0.1, 0.15) is 6.42 Å². The second-order valence-corrected chi connectivity index (χ2v) is 4.01. The molecule has 0 radical (unpaired) electrons. The first-order valence-corrected chi connectivity index (χ1v) is 4.62. The van der Waals surface area contributed by atoms with Crippen molar-refractivity contribution in [2.24, 2.45) is 0 Å². The molecule has 78 valence electrons. The summed E-state index contributed by atoms with van der Waals surface area (Å²) in [7, 11) is -0.0441. The van der Waals surface area contributed by atoms with Crippen molar-refractivity contribution >= 4 is 10.1 Å². The van der Waals surface area contributed by atoms with Crippen LogP contribution in [0, 0.1) is 0 Å². The molecule has 0 heterocycles. The molecule has 0 unspecified atom stereocenters. The van der Waals surface area contributed by atoms with Crippen molar-refractivity contribution in [3.05, 3.63) is 0 Å². The Balaban J connectivity index is -0.000000405. The van der Waals surface area contributed by atoms with Crippen LogP contribution in [0.4, 0.5) is 0 Å². The third kappa shape index (κ3) is 16.4. The Morgan fingerprint density at radius 2 is 1.75 bits per heavy atom. The predicted molar refractivity (Wildman–Crippen MR) is 48.2 cm³/mol. The van der Waals surface area contributed by atoms with Crippen LogP contribution >= 0.6 is 0 Å². The summed E-state index contributed by atoms with van der Waals surface area (Å²) in [5, 5.41) is 0. The maximum atomic E-state index is 10.1. The molecule has 0 bridgehead atoms. The maximum Gasteiger partial charge on any atom is 0.264 e. The summed E-state index contributed by atoms with van der Waals surface area (Å²) in [5.41, 5.74) is 0. The molecule has 12 heavy (non-hydrogen) atoms. The van der Waals surface area contributed by atoms with E-state index < -0.39 is 10.1 Å². The van der Waals surface area contributed by atoms with Gasteiger partial charge in [0.25, 0.3) is 10.1 Å². The Labute approximate surface area is 73.2 Å². The summed E-state index contributed by atoms with van der Waals surface area (Å²) in [4.78, 5) is 1.87. The van der Waals surface area contributed by atoms with Gasteiger partial charge in [-0.05, 0) is 27.1 Å². The Kier molecular flexibility index (Phi) is 11.0. The monoisotopic (exact) mass is 202 g/mol. The lowest BCUT2D eigenvalue weighted by Gasteiger charge is -2.06. The molecule has 0 aromatic rings. The van der Waals surface area contributed by atoms with Crippen LogP contribution in [0.5, 0.6) is 0 Å². The number of hydrogen-bond donors (Lipinski definition) is 2. The Morgan fingerprint density at radius 3 is 2.00 bits per heavy atom. The minimum absolute atomic E-state index is 0. The topological polar surface area (TPSA) is 124 Å². The van der Waals surface area contributed by atoms with Crippen LogP contribution in [0.2, 0.25) is 0 Å². The normalized spacial score (nSPS) is 10.3. The molecule has 0 aliphatic rings. The van der Waals surface area contributed by atoms with E-state index in [1.54, 1.807) is 0 Å². The molecule has 6 N–H and O–H groups in total. The Bertz CT molecular complexity index is 178. The maximum absolute atomic E-state index is 10.1. The lowest BCUT2D eigenvalue weighted by atomic mass is 10.5. The summed E-state index contributed by atoms with van der Waals surface area (Å²) in [6.07, 6.45) is 0.478. The van der Waals surface area contributed by atoms with Crippen LogP contribution in [-0.2, 0) is 10.1 Å². The van der Waals surface area contributed by atoms with Crippen LogP contribution < -0.4 is 6.15 Å². The quantitative estimate of drug-likeness (QED) is 0.575. The van der Waals surface area contributed by atoms with Crippen molar-refractivity contribution in [3.8, 4) is 0 Å². The van der Waals surface area contributed by atoms with E-state index in [1.807, 2.05) is 19.0 Å². The van der Waals surface area contributed by atoms with Crippen molar-refractivity contribution < 1.29 is 18.4 Å². The van der Waals surface area contributed by atoms with Crippen molar-refractivity contribution in [1.29, 1.82) is 0 Å². The highest BCUT2D eigenvalue weighted by Crippen LogP contribution is 1.88. The Morgan fingerprint density at radius 1 is 1.33 bits per heavy atom. The smallest absolute Gasteiger partial charge is 0.264 e. The highest BCUT2D eigenvalue weighted by atomic mass is 32.2. The molecule has 7 heteroatoms. The zero-order chi connectivity index (χ0) is 8.20. The first kappa shape index (κ1) is 17.8. The first-order valence-electron chi connectivity index (χ1n) is 3.02. The molecule has 0 atom stereocenters. The molecule has 0 aromatic heterocycles. The van der Waals surface area contributed by atoms with Gasteiger partial charge in [0.15, 0.2) is 0 Å². The van der Waals surface area contributed by atoms with E-state index in [4.69, 9.17) is 4.55 Å². The van der Waals surface area contributed by atoms with E-state index in [1.165, 1.54) is 0 Å². The molecule has 0 amide bonds. The molecule has 0 saturated heterocycles.